The summed E-state index contributed by atoms with van der Waals surface area (Å²) >= 11 is 3.33. The predicted octanol–water partition coefficient (Wildman–Crippen LogP) is 0.349. The molecule has 1 N–H and O–H groups in total. The highest BCUT2D eigenvalue weighted by Gasteiger charge is 2.10. The number of rotatable bonds is 1. The smallest absolute Gasteiger partial charge is 0.239 e. The van der Waals surface area contributed by atoms with Crippen LogP contribution in [-0.4, -0.2) is 10.2 Å². The zero-order chi connectivity index (χ0) is 5.21. The van der Waals surface area contributed by atoms with E-state index < -0.39 is 5.06 Å². The molecule has 1 atom stereocenters. The van der Waals surface area contributed by atoms with Crippen molar-refractivity contribution in [2.45, 2.75) is 12.0 Å². The first kappa shape index (κ1) is 5.91. The second kappa shape index (κ2) is 1.57. The molecule has 0 spiro atoms. The minimum Gasteiger partial charge on any atom is -0.359 e. The van der Waals surface area contributed by atoms with Gasteiger partial charge < -0.3 is 5.11 Å². The van der Waals surface area contributed by atoms with Crippen LogP contribution >= 0.6 is 12.6 Å². The predicted molar refractivity (Wildman–Crippen MR) is 25.4 cm³/mol. The zero-order valence-corrected chi connectivity index (χ0v) is 4.14. The summed E-state index contributed by atoms with van der Waals surface area (Å²) in [5.41, 5.74) is 0. The van der Waals surface area contributed by atoms with Gasteiger partial charge in [-0.2, -0.15) is 0 Å². The Hall–Kier alpha value is -0.0900. The van der Waals surface area contributed by atoms with Gasteiger partial charge in [0.25, 0.3) is 0 Å². The van der Waals surface area contributed by atoms with E-state index in [4.69, 9.17) is 5.11 Å². The molecule has 0 fully saturated rings. The van der Waals surface area contributed by atoms with Crippen LogP contribution < -0.4 is 0 Å². The normalized spacial score (nSPS) is 19.2. The quantitative estimate of drug-likeness (QED) is 0.288. The number of nitroso groups, excluding NO2 is 1. The fraction of sp³-hybridized carbons (Fsp3) is 1.00. The van der Waals surface area contributed by atoms with E-state index in [-0.39, 0.29) is 0 Å². The fourth-order valence-corrected chi connectivity index (χ4v) is 0. The molecule has 0 aliphatic carbocycles. The Morgan fingerprint density at radius 1 is 2.00 bits per heavy atom. The third-order valence-corrected chi connectivity index (χ3v) is 0.255. The lowest BCUT2D eigenvalue weighted by atomic mass is 10.7. The van der Waals surface area contributed by atoms with Crippen LogP contribution in [0, 0.1) is 4.91 Å². The van der Waals surface area contributed by atoms with E-state index in [1.807, 2.05) is 0 Å². The molecule has 0 heterocycles. The lowest BCUT2D eigenvalue weighted by molar-refractivity contribution is 0.169. The van der Waals surface area contributed by atoms with Crippen LogP contribution in [0.4, 0.5) is 0 Å². The summed E-state index contributed by atoms with van der Waals surface area (Å²) in [5, 5.41) is 8.71. The van der Waals surface area contributed by atoms with Crippen molar-refractivity contribution in [2.75, 3.05) is 0 Å². The minimum absolute atomic E-state index is 1.18. The standard InChI is InChI=1S/C2H5NO2S/c1-2(4,6)3-5/h4,6H,1H3. The second-order valence-electron chi connectivity index (χ2n) is 1.06. The number of nitrogens with zero attached hydrogens (tertiary/aromatic N) is 1. The van der Waals surface area contributed by atoms with Crippen molar-refractivity contribution < 1.29 is 5.11 Å². The molecule has 0 rings (SSSR count). The van der Waals surface area contributed by atoms with Crippen LogP contribution in [0.15, 0.2) is 5.18 Å². The maximum atomic E-state index is 9.25. The average molecular weight is 107 g/mol. The van der Waals surface area contributed by atoms with Gasteiger partial charge in [-0.1, -0.05) is 0 Å². The third kappa shape index (κ3) is 3.91. The van der Waals surface area contributed by atoms with Crippen molar-refractivity contribution in [3.63, 3.8) is 0 Å². The minimum atomic E-state index is -1.69. The van der Waals surface area contributed by atoms with Crippen LogP contribution in [0.25, 0.3) is 0 Å². The molecular weight excluding hydrogens is 102 g/mol. The highest BCUT2D eigenvalue weighted by molar-refractivity contribution is 7.81. The lowest BCUT2D eigenvalue weighted by Gasteiger charge is -1.99. The van der Waals surface area contributed by atoms with Gasteiger partial charge in [0.1, 0.15) is 0 Å². The summed E-state index contributed by atoms with van der Waals surface area (Å²) in [5.74, 6) is 0. The third-order valence-electron chi connectivity index (χ3n) is 0.173. The summed E-state index contributed by atoms with van der Waals surface area (Å²) in [6.45, 7) is 1.18. The molecule has 3 nitrogen and oxygen atoms in total. The first-order valence-corrected chi connectivity index (χ1v) is 1.80. The number of thiol groups is 1. The summed E-state index contributed by atoms with van der Waals surface area (Å²) < 4.78 is 0. The van der Waals surface area contributed by atoms with E-state index in [2.05, 4.69) is 17.8 Å². The molecular formula is C2H5NO2S. The summed E-state index contributed by atoms with van der Waals surface area (Å²) in [6, 6.07) is 0. The lowest BCUT2D eigenvalue weighted by Crippen LogP contribution is -2.08. The van der Waals surface area contributed by atoms with Crippen molar-refractivity contribution in [3.8, 4) is 0 Å². The molecule has 0 aromatic heterocycles. The summed E-state index contributed by atoms with van der Waals surface area (Å²) in [7, 11) is 0. The molecule has 0 radical (unpaired) electrons. The average Bonchev–Trinajstić information content (AvgIpc) is 1.35. The van der Waals surface area contributed by atoms with Crippen molar-refractivity contribution in [3.05, 3.63) is 4.91 Å². The van der Waals surface area contributed by atoms with E-state index in [1.165, 1.54) is 6.92 Å². The molecule has 0 bridgehead atoms. The van der Waals surface area contributed by atoms with Gasteiger partial charge in [0.05, 0.1) is 0 Å². The van der Waals surface area contributed by atoms with Crippen LogP contribution in [0.3, 0.4) is 0 Å². The van der Waals surface area contributed by atoms with Crippen molar-refractivity contribution in [1.29, 1.82) is 0 Å². The Morgan fingerprint density at radius 3 is 2.17 bits per heavy atom. The van der Waals surface area contributed by atoms with Gasteiger partial charge in [-0.05, 0) is 12.1 Å². The highest BCUT2D eigenvalue weighted by atomic mass is 32.1. The maximum Gasteiger partial charge on any atom is 0.239 e. The molecule has 6 heavy (non-hydrogen) atoms. The molecule has 0 amide bonds. The second-order valence-corrected chi connectivity index (χ2v) is 1.91. The number of hydrogen-bond acceptors (Lipinski definition) is 4. The highest BCUT2D eigenvalue weighted by Crippen LogP contribution is 2.06. The van der Waals surface area contributed by atoms with E-state index in [9.17, 15) is 4.91 Å². The molecule has 1 unspecified atom stereocenters. The van der Waals surface area contributed by atoms with Crippen LogP contribution in [0.2, 0.25) is 0 Å². The maximum absolute atomic E-state index is 9.25. The molecule has 0 aromatic carbocycles. The van der Waals surface area contributed by atoms with Crippen LogP contribution in [-0.2, 0) is 0 Å². The van der Waals surface area contributed by atoms with Gasteiger partial charge in [0.2, 0.25) is 5.06 Å². The number of hydrogen-bond donors (Lipinski definition) is 2. The van der Waals surface area contributed by atoms with Crippen molar-refractivity contribution >= 4 is 12.6 Å². The number of aliphatic hydroxyl groups is 1. The summed E-state index contributed by atoms with van der Waals surface area (Å²) in [6.07, 6.45) is 0. The zero-order valence-electron chi connectivity index (χ0n) is 3.25. The molecule has 0 aliphatic heterocycles. The Morgan fingerprint density at radius 2 is 2.17 bits per heavy atom. The first-order valence-electron chi connectivity index (χ1n) is 1.35. The SMILES string of the molecule is CC(O)(S)N=O. The summed E-state index contributed by atoms with van der Waals surface area (Å²) in [4.78, 5) is 9.25. The molecule has 0 aliphatic rings. The monoisotopic (exact) mass is 107 g/mol. The molecule has 36 valence electrons. The first-order chi connectivity index (χ1) is 2.56. The van der Waals surface area contributed by atoms with Crippen LogP contribution in [0.5, 0.6) is 0 Å². The van der Waals surface area contributed by atoms with Crippen molar-refractivity contribution in [1.82, 2.24) is 0 Å². The van der Waals surface area contributed by atoms with Crippen LogP contribution in [0.1, 0.15) is 6.92 Å². The largest absolute Gasteiger partial charge is 0.359 e. The van der Waals surface area contributed by atoms with Gasteiger partial charge in [-0.3, -0.25) is 0 Å². The Bertz CT molecular complexity index is 57.1. The van der Waals surface area contributed by atoms with Gasteiger partial charge >= 0.3 is 0 Å². The van der Waals surface area contributed by atoms with E-state index >= 15 is 0 Å². The topological polar surface area (TPSA) is 49.7 Å². The molecule has 4 heteroatoms. The van der Waals surface area contributed by atoms with E-state index in [0.29, 0.717) is 0 Å². The van der Waals surface area contributed by atoms with Gasteiger partial charge in [0.15, 0.2) is 0 Å². The molecule has 0 saturated heterocycles. The Balaban J connectivity index is 3.45. The Kier molecular flexibility index (Phi) is 1.55. The van der Waals surface area contributed by atoms with Gasteiger partial charge in [-0.25, -0.2) is 0 Å². The molecule has 0 aromatic rings. The van der Waals surface area contributed by atoms with Gasteiger partial charge in [-0.15, -0.1) is 17.5 Å². The van der Waals surface area contributed by atoms with Crippen molar-refractivity contribution in [2.24, 2.45) is 5.18 Å². The molecule has 0 saturated carbocycles. The van der Waals surface area contributed by atoms with Gasteiger partial charge in [0, 0.05) is 0 Å². The van der Waals surface area contributed by atoms with E-state index in [1.54, 1.807) is 0 Å². The Labute approximate surface area is 40.7 Å². The fourth-order valence-electron chi connectivity index (χ4n) is 0. The van der Waals surface area contributed by atoms with E-state index in [0.717, 1.165) is 0 Å².